The summed E-state index contributed by atoms with van der Waals surface area (Å²) in [6.07, 6.45) is 4.21. The molecule has 1 atom stereocenters. The van der Waals surface area contributed by atoms with Crippen LogP contribution in [-0.4, -0.2) is 16.1 Å². The maximum absolute atomic E-state index is 11.0. The first-order valence-corrected chi connectivity index (χ1v) is 6.81. The Morgan fingerprint density at radius 3 is 2.53 bits per heavy atom. The van der Waals surface area contributed by atoms with E-state index in [0.29, 0.717) is 6.42 Å². The fourth-order valence-corrected chi connectivity index (χ4v) is 2.53. The molecule has 2 rings (SSSR count). The molecular weight excluding hydrogens is 306 g/mol. The average Bonchev–Trinajstić information content (AvgIpc) is 2.41. The third kappa shape index (κ3) is 3.89. The number of aliphatic carboxylic acids is 1. The molecule has 2 aromatic rings. The molecule has 1 aromatic carbocycles. The van der Waals surface area contributed by atoms with Crippen molar-refractivity contribution in [1.82, 2.24) is 4.98 Å². The van der Waals surface area contributed by atoms with Gasteiger partial charge in [0.05, 0.1) is 6.42 Å². The molecule has 3 nitrogen and oxygen atoms in total. The molecule has 0 aliphatic carbocycles. The highest BCUT2D eigenvalue weighted by Gasteiger charge is 2.17. The first-order chi connectivity index (χ1) is 9.16. The lowest BCUT2D eigenvalue weighted by Crippen LogP contribution is -2.09. The molecular formula is C15H14BrNO2. The highest BCUT2D eigenvalue weighted by atomic mass is 79.9. The van der Waals surface area contributed by atoms with E-state index in [-0.39, 0.29) is 12.3 Å². The van der Waals surface area contributed by atoms with Gasteiger partial charge in [0, 0.05) is 16.9 Å². The average molecular weight is 320 g/mol. The predicted octanol–water partition coefficient (Wildman–Crippen LogP) is 3.65. The fourth-order valence-electron chi connectivity index (χ4n) is 2.08. The molecule has 0 fully saturated rings. The van der Waals surface area contributed by atoms with E-state index in [2.05, 4.69) is 20.9 Å². The van der Waals surface area contributed by atoms with Crippen molar-refractivity contribution in [1.29, 1.82) is 0 Å². The number of carbonyl (C=O) groups is 1. The minimum absolute atomic E-state index is 0.0424. The van der Waals surface area contributed by atoms with Gasteiger partial charge in [-0.25, -0.2) is 0 Å². The molecule has 1 heterocycles. The highest BCUT2D eigenvalue weighted by molar-refractivity contribution is 9.10. The van der Waals surface area contributed by atoms with Gasteiger partial charge >= 0.3 is 5.97 Å². The first kappa shape index (κ1) is 13.7. The maximum atomic E-state index is 11.0. The van der Waals surface area contributed by atoms with E-state index in [1.807, 2.05) is 36.4 Å². The quantitative estimate of drug-likeness (QED) is 0.915. The summed E-state index contributed by atoms with van der Waals surface area (Å²) < 4.78 is 1.01. The topological polar surface area (TPSA) is 50.2 Å². The summed E-state index contributed by atoms with van der Waals surface area (Å²) in [5.41, 5.74) is 2.12. The Labute approximate surface area is 120 Å². The van der Waals surface area contributed by atoms with Crippen LogP contribution in [-0.2, 0) is 11.2 Å². The summed E-state index contributed by atoms with van der Waals surface area (Å²) in [5, 5.41) is 9.07. The zero-order valence-electron chi connectivity index (χ0n) is 10.3. The Kier molecular flexibility index (Phi) is 4.68. The van der Waals surface area contributed by atoms with Crippen LogP contribution in [0.2, 0.25) is 0 Å². The number of benzene rings is 1. The first-order valence-electron chi connectivity index (χ1n) is 6.02. The molecule has 0 aliphatic rings. The molecule has 0 saturated heterocycles. The molecule has 0 radical (unpaired) electrons. The van der Waals surface area contributed by atoms with Crippen molar-refractivity contribution in [2.24, 2.45) is 0 Å². The number of aromatic nitrogens is 1. The van der Waals surface area contributed by atoms with E-state index in [1.54, 1.807) is 12.4 Å². The third-order valence-corrected chi connectivity index (χ3v) is 3.80. The lowest BCUT2D eigenvalue weighted by Gasteiger charge is -2.16. The van der Waals surface area contributed by atoms with Crippen LogP contribution in [0.4, 0.5) is 0 Å². The number of halogens is 1. The summed E-state index contributed by atoms with van der Waals surface area (Å²) in [5.74, 6) is -0.826. The summed E-state index contributed by atoms with van der Waals surface area (Å²) in [7, 11) is 0. The molecule has 0 saturated carbocycles. The Morgan fingerprint density at radius 2 is 1.89 bits per heavy atom. The molecule has 19 heavy (non-hydrogen) atoms. The SMILES string of the molecule is O=C(O)CC(Cc1ccccc1Br)c1ccncc1. The zero-order valence-corrected chi connectivity index (χ0v) is 11.9. The molecule has 1 aromatic heterocycles. The Morgan fingerprint density at radius 1 is 1.21 bits per heavy atom. The maximum Gasteiger partial charge on any atom is 0.303 e. The van der Waals surface area contributed by atoms with E-state index in [9.17, 15) is 4.79 Å². The van der Waals surface area contributed by atoms with Gasteiger partial charge in [-0.3, -0.25) is 9.78 Å². The van der Waals surface area contributed by atoms with Crippen molar-refractivity contribution in [2.75, 3.05) is 0 Å². The second kappa shape index (κ2) is 6.48. The van der Waals surface area contributed by atoms with E-state index in [1.165, 1.54) is 0 Å². The monoisotopic (exact) mass is 319 g/mol. The minimum atomic E-state index is -0.783. The molecule has 1 N–H and O–H groups in total. The third-order valence-electron chi connectivity index (χ3n) is 3.02. The highest BCUT2D eigenvalue weighted by Crippen LogP contribution is 2.27. The molecule has 0 amide bonds. The summed E-state index contributed by atoms with van der Waals surface area (Å²) >= 11 is 3.50. The van der Waals surface area contributed by atoms with Crippen LogP contribution in [0.5, 0.6) is 0 Å². The van der Waals surface area contributed by atoms with Gasteiger partial charge in [0.25, 0.3) is 0 Å². The minimum Gasteiger partial charge on any atom is -0.481 e. The van der Waals surface area contributed by atoms with E-state index in [0.717, 1.165) is 15.6 Å². The standard InChI is InChI=1S/C15H14BrNO2/c16-14-4-2-1-3-12(14)9-13(10-15(18)19)11-5-7-17-8-6-11/h1-8,13H,9-10H2,(H,18,19). The van der Waals surface area contributed by atoms with Gasteiger partial charge in [-0.05, 0) is 41.7 Å². The summed E-state index contributed by atoms with van der Waals surface area (Å²) in [4.78, 5) is 15.0. The van der Waals surface area contributed by atoms with E-state index in [4.69, 9.17) is 5.11 Å². The van der Waals surface area contributed by atoms with Crippen molar-refractivity contribution in [3.63, 3.8) is 0 Å². The molecule has 0 bridgehead atoms. The Hall–Kier alpha value is -1.68. The van der Waals surface area contributed by atoms with Gasteiger partial charge in [-0.15, -0.1) is 0 Å². The summed E-state index contributed by atoms with van der Waals surface area (Å²) in [6, 6.07) is 11.7. The van der Waals surface area contributed by atoms with Gasteiger partial charge < -0.3 is 5.11 Å². The smallest absolute Gasteiger partial charge is 0.303 e. The van der Waals surface area contributed by atoms with Gasteiger partial charge in [0.2, 0.25) is 0 Å². The largest absolute Gasteiger partial charge is 0.481 e. The molecule has 0 spiro atoms. The van der Waals surface area contributed by atoms with Crippen molar-refractivity contribution >= 4 is 21.9 Å². The van der Waals surface area contributed by atoms with Crippen molar-refractivity contribution in [3.05, 3.63) is 64.4 Å². The molecule has 1 unspecified atom stereocenters. The zero-order chi connectivity index (χ0) is 13.7. The predicted molar refractivity (Wildman–Crippen MR) is 77.1 cm³/mol. The van der Waals surface area contributed by atoms with Crippen LogP contribution in [0.15, 0.2) is 53.3 Å². The second-order valence-electron chi connectivity index (χ2n) is 4.37. The van der Waals surface area contributed by atoms with Crippen LogP contribution >= 0.6 is 15.9 Å². The Balaban J connectivity index is 2.24. The molecule has 4 heteroatoms. The lowest BCUT2D eigenvalue weighted by atomic mass is 9.90. The normalized spacial score (nSPS) is 12.1. The van der Waals surface area contributed by atoms with E-state index >= 15 is 0 Å². The van der Waals surface area contributed by atoms with Crippen molar-refractivity contribution in [2.45, 2.75) is 18.8 Å². The van der Waals surface area contributed by atoms with Gasteiger partial charge in [0.1, 0.15) is 0 Å². The number of carboxylic acids is 1. The number of pyridine rings is 1. The van der Waals surface area contributed by atoms with Gasteiger partial charge in [-0.1, -0.05) is 34.1 Å². The fraction of sp³-hybridized carbons (Fsp3) is 0.200. The van der Waals surface area contributed by atoms with Crippen LogP contribution < -0.4 is 0 Å². The molecule has 0 aliphatic heterocycles. The summed E-state index contributed by atoms with van der Waals surface area (Å²) in [6.45, 7) is 0. The van der Waals surface area contributed by atoms with Crippen molar-refractivity contribution < 1.29 is 9.90 Å². The number of rotatable bonds is 5. The van der Waals surface area contributed by atoms with Crippen LogP contribution in [0.1, 0.15) is 23.5 Å². The van der Waals surface area contributed by atoms with Crippen LogP contribution in [0.3, 0.4) is 0 Å². The van der Waals surface area contributed by atoms with Gasteiger partial charge in [0.15, 0.2) is 0 Å². The lowest BCUT2D eigenvalue weighted by molar-refractivity contribution is -0.137. The number of hydrogen-bond donors (Lipinski definition) is 1. The number of carboxylic acid groups (broad SMARTS) is 1. The van der Waals surface area contributed by atoms with Crippen molar-refractivity contribution in [3.8, 4) is 0 Å². The van der Waals surface area contributed by atoms with Crippen LogP contribution in [0.25, 0.3) is 0 Å². The van der Waals surface area contributed by atoms with E-state index < -0.39 is 5.97 Å². The molecule has 98 valence electrons. The second-order valence-corrected chi connectivity index (χ2v) is 5.23. The number of nitrogens with zero attached hydrogens (tertiary/aromatic N) is 1. The Bertz CT molecular complexity index is 557. The van der Waals surface area contributed by atoms with Crippen LogP contribution in [0, 0.1) is 0 Å². The van der Waals surface area contributed by atoms with Gasteiger partial charge in [-0.2, -0.15) is 0 Å². The number of hydrogen-bond acceptors (Lipinski definition) is 2.